The predicted octanol–water partition coefficient (Wildman–Crippen LogP) is 3.26. The molecule has 1 aliphatic rings. The van der Waals surface area contributed by atoms with Crippen LogP contribution in [0.25, 0.3) is 0 Å². The van der Waals surface area contributed by atoms with Gasteiger partial charge in [0, 0.05) is 11.8 Å². The Morgan fingerprint density at radius 1 is 1.23 bits per heavy atom. The van der Waals surface area contributed by atoms with E-state index in [4.69, 9.17) is 21.1 Å². The van der Waals surface area contributed by atoms with Gasteiger partial charge in [0.2, 0.25) is 0 Å². The zero-order valence-corrected chi connectivity index (χ0v) is 17.1. The van der Waals surface area contributed by atoms with Crippen LogP contribution in [-0.4, -0.2) is 42.7 Å². The minimum absolute atomic E-state index is 0.0149. The normalized spacial score (nSPS) is 17.6. The Hall–Kier alpha value is -3.20. The number of nitrogens with zero attached hydrogens (tertiary/aromatic N) is 2. The third-order valence-electron chi connectivity index (χ3n) is 5.10. The average molecular weight is 435 g/mol. The summed E-state index contributed by atoms with van der Waals surface area (Å²) >= 11 is 5.99. The third kappa shape index (κ3) is 3.93. The average Bonchev–Trinajstić information content (AvgIpc) is 2.75. The maximum atomic E-state index is 12.8. The number of hydrogen-bond donors (Lipinski definition) is 0. The van der Waals surface area contributed by atoms with Gasteiger partial charge in [-0.15, -0.1) is 0 Å². The second-order valence-corrected chi connectivity index (χ2v) is 7.16. The number of aryl methyl sites for hydroxylation is 1. The summed E-state index contributed by atoms with van der Waals surface area (Å²) in [4.78, 5) is 39.6. The van der Waals surface area contributed by atoms with Crippen LogP contribution in [0.3, 0.4) is 0 Å². The van der Waals surface area contributed by atoms with E-state index in [0.29, 0.717) is 35.7 Å². The molecule has 0 amide bonds. The molecule has 0 saturated heterocycles. The van der Waals surface area contributed by atoms with E-state index in [1.807, 2.05) is 0 Å². The molecule has 1 unspecified atom stereocenters. The molecule has 0 radical (unpaired) electrons. The van der Waals surface area contributed by atoms with Gasteiger partial charge in [0.15, 0.2) is 5.75 Å². The molecule has 1 heterocycles. The monoisotopic (exact) mass is 434 g/mol. The van der Waals surface area contributed by atoms with Gasteiger partial charge in [-0.05, 0) is 43.0 Å². The van der Waals surface area contributed by atoms with Gasteiger partial charge in [-0.25, -0.2) is 9.78 Å². The van der Waals surface area contributed by atoms with Gasteiger partial charge < -0.3 is 14.2 Å². The highest BCUT2D eigenvalue weighted by molar-refractivity contribution is 6.29. The number of ether oxygens (including phenoxy) is 3. The van der Waals surface area contributed by atoms with Crippen LogP contribution in [0.2, 0.25) is 5.15 Å². The lowest BCUT2D eigenvalue weighted by atomic mass is 9.72. The highest BCUT2D eigenvalue weighted by Gasteiger charge is 2.46. The molecule has 0 aliphatic heterocycles. The molecule has 10 heteroatoms. The van der Waals surface area contributed by atoms with E-state index in [2.05, 4.69) is 9.72 Å². The second-order valence-electron chi connectivity index (χ2n) is 6.78. The van der Waals surface area contributed by atoms with Gasteiger partial charge in [0.05, 0.1) is 24.7 Å². The molecule has 2 aromatic rings. The van der Waals surface area contributed by atoms with E-state index in [1.54, 1.807) is 12.1 Å². The summed E-state index contributed by atoms with van der Waals surface area (Å²) < 4.78 is 15.4. The Balaban J connectivity index is 1.99. The molecule has 1 atom stereocenters. The number of rotatable bonds is 6. The number of carbonyl (C=O) groups is 2. The minimum atomic E-state index is -1.19. The van der Waals surface area contributed by atoms with Crippen molar-refractivity contribution < 1.29 is 28.7 Å². The summed E-state index contributed by atoms with van der Waals surface area (Å²) in [5.74, 6) is -1.31. The maximum Gasteiger partial charge on any atom is 0.338 e. The summed E-state index contributed by atoms with van der Waals surface area (Å²) in [6, 6.07) is 7.02. The van der Waals surface area contributed by atoms with Crippen LogP contribution in [0.15, 0.2) is 30.3 Å². The lowest BCUT2D eigenvalue weighted by molar-refractivity contribution is -0.386. The van der Waals surface area contributed by atoms with Crippen LogP contribution in [0.1, 0.15) is 34.5 Å². The first-order chi connectivity index (χ1) is 14.3. The molecule has 1 aliphatic carbocycles. The van der Waals surface area contributed by atoms with Crippen molar-refractivity contribution in [1.29, 1.82) is 0 Å². The van der Waals surface area contributed by atoms with Crippen molar-refractivity contribution >= 4 is 29.2 Å². The van der Waals surface area contributed by atoms with E-state index < -0.39 is 28.0 Å². The quantitative estimate of drug-likeness (QED) is 0.294. The van der Waals surface area contributed by atoms with Gasteiger partial charge in [-0.1, -0.05) is 17.7 Å². The fourth-order valence-corrected chi connectivity index (χ4v) is 3.80. The van der Waals surface area contributed by atoms with Crippen molar-refractivity contribution in [1.82, 2.24) is 4.98 Å². The SMILES string of the molecule is COC(=O)c1ccc(OCC2(C(=O)OC)CCCc3nc(Cl)ccc32)c([N+](=O)[O-])c1. The van der Waals surface area contributed by atoms with Crippen LogP contribution >= 0.6 is 11.6 Å². The second kappa shape index (κ2) is 8.66. The van der Waals surface area contributed by atoms with Gasteiger partial charge >= 0.3 is 17.6 Å². The molecule has 3 rings (SSSR count). The van der Waals surface area contributed by atoms with Crippen LogP contribution in [0, 0.1) is 10.1 Å². The van der Waals surface area contributed by atoms with E-state index in [9.17, 15) is 19.7 Å². The fourth-order valence-electron chi connectivity index (χ4n) is 3.64. The number of aromatic nitrogens is 1. The predicted molar refractivity (Wildman–Crippen MR) is 106 cm³/mol. The Morgan fingerprint density at radius 2 is 2.00 bits per heavy atom. The van der Waals surface area contributed by atoms with Gasteiger partial charge in [-0.3, -0.25) is 14.9 Å². The molecule has 1 aromatic carbocycles. The fraction of sp³-hybridized carbons (Fsp3) is 0.350. The molecule has 1 aromatic heterocycles. The topological polar surface area (TPSA) is 118 Å². The first-order valence-corrected chi connectivity index (χ1v) is 9.44. The van der Waals surface area contributed by atoms with Crippen molar-refractivity contribution in [2.45, 2.75) is 24.7 Å². The summed E-state index contributed by atoms with van der Waals surface area (Å²) in [6.45, 7) is -0.200. The van der Waals surface area contributed by atoms with Crippen molar-refractivity contribution in [2.24, 2.45) is 0 Å². The van der Waals surface area contributed by atoms with E-state index in [0.717, 1.165) is 6.07 Å². The van der Waals surface area contributed by atoms with E-state index >= 15 is 0 Å². The third-order valence-corrected chi connectivity index (χ3v) is 5.31. The number of methoxy groups -OCH3 is 2. The molecule has 0 fully saturated rings. The maximum absolute atomic E-state index is 12.8. The molecule has 9 nitrogen and oxygen atoms in total. The smallest absolute Gasteiger partial charge is 0.338 e. The highest BCUT2D eigenvalue weighted by atomic mass is 35.5. The van der Waals surface area contributed by atoms with E-state index in [-0.39, 0.29) is 17.9 Å². The summed E-state index contributed by atoms with van der Waals surface area (Å²) in [5, 5.41) is 11.8. The van der Waals surface area contributed by atoms with Gasteiger partial charge in [0.1, 0.15) is 17.2 Å². The zero-order valence-electron chi connectivity index (χ0n) is 16.3. The Kier molecular flexibility index (Phi) is 6.21. The number of esters is 2. The largest absolute Gasteiger partial charge is 0.485 e. The van der Waals surface area contributed by atoms with Crippen LogP contribution < -0.4 is 4.74 Å². The van der Waals surface area contributed by atoms with Crippen molar-refractivity contribution in [2.75, 3.05) is 20.8 Å². The number of fused-ring (bicyclic) bond motifs is 1. The molecular formula is C20H19ClN2O7. The number of benzene rings is 1. The number of hydrogen-bond acceptors (Lipinski definition) is 8. The molecule has 30 heavy (non-hydrogen) atoms. The van der Waals surface area contributed by atoms with Gasteiger partial charge in [-0.2, -0.15) is 0 Å². The van der Waals surface area contributed by atoms with Gasteiger partial charge in [0.25, 0.3) is 0 Å². The van der Waals surface area contributed by atoms with Crippen LogP contribution in [0.4, 0.5) is 5.69 Å². The molecule has 0 bridgehead atoms. The van der Waals surface area contributed by atoms with Crippen molar-refractivity contribution in [3.05, 3.63) is 62.4 Å². The Labute approximate surface area is 177 Å². The van der Waals surface area contributed by atoms with Crippen molar-refractivity contribution in [3.63, 3.8) is 0 Å². The lowest BCUT2D eigenvalue weighted by Gasteiger charge is -2.35. The first-order valence-electron chi connectivity index (χ1n) is 9.06. The van der Waals surface area contributed by atoms with Crippen LogP contribution in [0.5, 0.6) is 5.75 Å². The molecule has 158 valence electrons. The van der Waals surface area contributed by atoms with Crippen LogP contribution in [-0.2, 0) is 26.1 Å². The standard InChI is InChI=1S/C20H19ClN2O7/c1-28-18(24)12-5-7-16(15(10-12)23(26)27)30-11-20(19(25)29-2)9-3-4-14-13(20)6-8-17(21)22-14/h5-8,10H,3-4,9,11H2,1-2H3. The van der Waals surface area contributed by atoms with Crippen molar-refractivity contribution in [3.8, 4) is 5.75 Å². The lowest BCUT2D eigenvalue weighted by Crippen LogP contribution is -2.45. The summed E-state index contributed by atoms with van der Waals surface area (Å²) in [5.41, 5.74) is -0.296. The number of carbonyl (C=O) groups excluding carboxylic acids is 2. The summed E-state index contributed by atoms with van der Waals surface area (Å²) in [6.07, 6.45) is 1.70. The number of nitro benzene ring substituents is 1. The summed E-state index contributed by atoms with van der Waals surface area (Å²) in [7, 11) is 2.45. The number of pyridine rings is 1. The first kappa shape index (κ1) is 21.5. The molecule has 0 spiro atoms. The Bertz CT molecular complexity index is 1010. The minimum Gasteiger partial charge on any atom is -0.485 e. The number of nitro groups is 1. The van der Waals surface area contributed by atoms with E-state index in [1.165, 1.54) is 26.4 Å². The number of halogens is 1. The molecular weight excluding hydrogens is 416 g/mol. The highest BCUT2D eigenvalue weighted by Crippen LogP contribution is 2.40. The molecule has 0 N–H and O–H groups in total. The zero-order chi connectivity index (χ0) is 21.9. The Morgan fingerprint density at radius 3 is 2.67 bits per heavy atom. The molecule has 0 saturated carbocycles.